The maximum atomic E-state index is 12.9. The molecule has 26 heavy (non-hydrogen) atoms. The highest BCUT2D eigenvalue weighted by Gasteiger charge is 2.35. The van der Waals surface area contributed by atoms with Crippen molar-refractivity contribution in [2.75, 3.05) is 13.1 Å². The minimum absolute atomic E-state index is 0.0420. The monoisotopic (exact) mass is 396 g/mol. The van der Waals surface area contributed by atoms with Gasteiger partial charge in [-0.3, -0.25) is 4.79 Å². The molecule has 0 aromatic carbocycles. The molecule has 1 fully saturated rings. The standard InChI is InChI=1S/C19H28N2O3S2/c22-18(20-12-11-16-7-2-1-3-8-16)15-17-9-4-5-13-21(17)26(23,24)19-10-6-14-25-19/h6-7,10,14,17H,1-5,8-9,11-13,15H2,(H,20,22)/t17-/m0/s1. The zero-order valence-electron chi connectivity index (χ0n) is 15.2. The van der Waals surface area contributed by atoms with Gasteiger partial charge >= 0.3 is 0 Å². The molecule has 0 bridgehead atoms. The van der Waals surface area contributed by atoms with Crippen molar-refractivity contribution >= 4 is 27.3 Å². The van der Waals surface area contributed by atoms with E-state index in [1.165, 1.54) is 29.8 Å². The van der Waals surface area contributed by atoms with Crippen molar-refractivity contribution < 1.29 is 13.2 Å². The van der Waals surface area contributed by atoms with E-state index >= 15 is 0 Å². The lowest BCUT2D eigenvalue weighted by Crippen LogP contribution is -2.45. The maximum Gasteiger partial charge on any atom is 0.252 e. The van der Waals surface area contributed by atoms with Gasteiger partial charge in [-0.15, -0.1) is 11.3 Å². The number of nitrogens with zero attached hydrogens (tertiary/aromatic N) is 1. The number of nitrogens with one attached hydrogen (secondary N) is 1. The lowest BCUT2D eigenvalue weighted by atomic mass is 9.97. The van der Waals surface area contributed by atoms with E-state index in [-0.39, 0.29) is 18.4 Å². The molecule has 0 radical (unpaired) electrons. The number of thiophene rings is 1. The van der Waals surface area contributed by atoms with Gasteiger partial charge in [-0.2, -0.15) is 4.31 Å². The van der Waals surface area contributed by atoms with Gasteiger partial charge in [0.05, 0.1) is 0 Å². The molecule has 1 aliphatic carbocycles. The highest BCUT2D eigenvalue weighted by molar-refractivity contribution is 7.91. The molecule has 1 aromatic rings. The zero-order valence-corrected chi connectivity index (χ0v) is 16.8. The molecule has 1 aliphatic heterocycles. The number of sulfonamides is 1. The van der Waals surface area contributed by atoms with Crippen LogP contribution in [0.15, 0.2) is 33.4 Å². The quantitative estimate of drug-likeness (QED) is 0.715. The van der Waals surface area contributed by atoms with Gasteiger partial charge in [-0.1, -0.05) is 24.1 Å². The smallest absolute Gasteiger partial charge is 0.252 e. The summed E-state index contributed by atoms with van der Waals surface area (Å²) < 4.78 is 27.6. The summed E-state index contributed by atoms with van der Waals surface area (Å²) in [6, 6.07) is 3.16. The molecule has 3 rings (SSSR count). The van der Waals surface area contributed by atoms with Gasteiger partial charge in [0.15, 0.2) is 0 Å². The number of carbonyl (C=O) groups excluding carboxylic acids is 1. The van der Waals surface area contributed by atoms with Crippen LogP contribution in [0.5, 0.6) is 0 Å². The van der Waals surface area contributed by atoms with Crippen LogP contribution in [0.25, 0.3) is 0 Å². The normalized spacial score (nSPS) is 22.0. The summed E-state index contributed by atoms with van der Waals surface area (Å²) in [6.07, 6.45) is 10.9. The predicted octanol–water partition coefficient (Wildman–Crippen LogP) is 3.69. The third kappa shape index (κ3) is 4.96. The van der Waals surface area contributed by atoms with Crippen molar-refractivity contribution in [3.05, 3.63) is 29.2 Å². The first-order valence-electron chi connectivity index (χ1n) is 9.57. The average molecular weight is 397 g/mol. The van der Waals surface area contributed by atoms with Crippen LogP contribution >= 0.6 is 11.3 Å². The molecule has 0 unspecified atom stereocenters. The van der Waals surface area contributed by atoms with Gasteiger partial charge in [0.2, 0.25) is 5.91 Å². The van der Waals surface area contributed by atoms with Gasteiger partial charge in [0.25, 0.3) is 10.0 Å². The van der Waals surface area contributed by atoms with Crippen molar-refractivity contribution in [1.82, 2.24) is 9.62 Å². The molecular weight excluding hydrogens is 368 g/mol. The van der Waals surface area contributed by atoms with Gasteiger partial charge in [-0.25, -0.2) is 8.42 Å². The van der Waals surface area contributed by atoms with Crippen LogP contribution in [0.2, 0.25) is 0 Å². The molecule has 2 aliphatic rings. The number of hydrogen-bond donors (Lipinski definition) is 1. The Balaban J connectivity index is 1.54. The molecular formula is C19H28N2O3S2. The van der Waals surface area contributed by atoms with Gasteiger partial charge in [0.1, 0.15) is 4.21 Å². The molecule has 1 saturated heterocycles. The van der Waals surface area contributed by atoms with E-state index in [4.69, 9.17) is 0 Å². The summed E-state index contributed by atoms with van der Waals surface area (Å²) in [5.74, 6) is -0.0420. The minimum Gasteiger partial charge on any atom is -0.356 e. The van der Waals surface area contributed by atoms with Gasteiger partial charge < -0.3 is 5.32 Å². The summed E-state index contributed by atoms with van der Waals surface area (Å²) >= 11 is 1.24. The highest BCUT2D eigenvalue weighted by Crippen LogP contribution is 2.29. The van der Waals surface area contributed by atoms with Crippen molar-refractivity contribution in [1.29, 1.82) is 0 Å². The summed E-state index contributed by atoms with van der Waals surface area (Å²) in [6.45, 7) is 1.15. The van der Waals surface area contributed by atoms with Crippen LogP contribution in [0.3, 0.4) is 0 Å². The molecule has 2 heterocycles. The van der Waals surface area contributed by atoms with Crippen molar-refractivity contribution in [2.45, 2.75) is 68.0 Å². The zero-order chi connectivity index (χ0) is 18.4. The Kier molecular flexibility index (Phi) is 6.89. The van der Waals surface area contributed by atoms with Crippen LogP contribution in [0.4, 0.5) is 0 Å². The van der Waals surface area contributed by atoms with Gasteiger partial charge in [0, 0.05) is 25.6 Å². The Bertz CT molecular complexity index is 726. The number of piperidine rings is 1. The summed E-state index contributed by atoms with van der Waals surface area (Å²) in [5.41, 5.74) is 1.44. The summed E-state index contributed by atoms with van der Waals surface area (Å²) in [5, 5.41) is 4.76. The van der Waals surface area contributed by atoms with E-state index < -0.39 is 10.0 Å². The van der Waals surface area contributed by atoms with E-state index in [0.717, 1.165) is 38.5 Å². The Morgan fingerprint density at radius 1 is 1.27 bits per heavy atom. The summed E-state index contributed by atoms with van der Waals surface area (Å²) in [7, 11) is -3.49. The van der Waals surface area contributed by atoms with Gasteiger partial charge in [-0.05, 0) is 56.4 Å². The highest BCUT2D eigenvalue weighted by atomic mass is 32.2. The SMILES string of the molecule is O=C(C[C@@H]1CCCCN1S(=O)(=O)c1cccs1)NCCC1=CCCCC1. The molecule has 0 spiro atoms. The number of allylic oxidation sites excluding steroid dienone is 1. The fourth-order valence-corrected chi connectivity index (χ4v) is 6.61. The number of amides is 1. The largest absolute Gasteiger partial charge is 0.356 e. The molecule has 7 heteroatoms. The Morgan fingerprint density at radius 3 is 2.88 bits per heavy atom. The van der Waals surface area contributed by atoms with E-state index in [0.29, 0.717) is 17.3 Å². The third-order valence-corrected chi connectivity index (χ3v) is 8.53. The average Bonchev–Trinajstić information content (AvgIpc) is 3.18. The molecule has 5 nitrogen and oxygen atoms in total. The number of rotatable bonds is 7. The third-order valence-electron chi connectivity index (χ3n) is 5.21. The first-order valence-corrected chi connectivity index (χ1v) is 11.9. The van der Waals surface area contributed by atoms with Crippen LogP contribution in [0.1, 0.15) is 57.8 Å². The second-order valence-corrected chi connectivity index (χ2v) is 10.2. The first-order chi connectivity index (χ1) is 12.6. The maximum absolute atomic E-state index is 12.9. The number of hydrogen-bond acceptors (Lipinski definition) is 4. The molecule has 1 atom stereocenters. The lowest BCUT2D eigenvalue weighted by Gasteiger charge is -2.34. The Morgan fingerprint density at radius 2 is 2.15 bits per heavy atom. The van der Waals surface area contributed by atoms with E-state index in [9.17, 15) is 13.2 Å². The van der Waals surface area contributed by atoms with Crippen LogP contribution in [0, 0.1) is 0 Å². The van der Waals surface area contributed by atoms with Crippen molar-refractivity contribution in [3.63, 3.8) is 0 Å². The molecule has 1 aromatic heterocycles. The second kappa shape index (κ2) is 9.15. The Hall–Kier alpha value is -1.18. The second-order valence-electron chi connectivity index (χ2n) is 7.11. The topological polar surface area (TPSA) is 66.5 Å². The molecule has 1 N–H and O–H groups in total. The van der Waals surface area contributed by atoms with Crippen molar-refractivity contribution in [2.24, 2.45) is 0 Å². The lowest BCUT2D eigenvalue weighted by molar-refractivity contribution is -0.122. The summed E-state index contributed by atoms with van der Waals surface area (Å²) in [4.78, 5) is 12.4. The van der Waals surface area contributed by atoms with Crippen molar-refractivity contribution in [3.8, 4) is 0 Å². The molecule has 0 saturated carbocycles. The van der Waals surface area contributed by atoms with E-state index in [1.54, 1.807) is 21.8 Å². The Labute approximate surface area is 160 Å². The first kappa shape index (κ1) is 19.6. The molecule has 1 amide bonds. The minimum atomic E-state index is -3.49. The molecule has 144 valence electrons. The fraction of sp³-hybridized carbons (Fsp3) is 0.632. The van der Waals surface area contributed by atoms with Crippen LogP contribution in [-0.4, -0.2) is 37.8 Å². The van der Waals surface area contributed by atoms with E-state index in [2.05, 4.69) is 11.4 Å². The van der Waals surface area contributed by atoms with Crippen LogP contribution < -0.4 is 5.32 Å². The fourth-order valence-electron chi connectivity index (χ4n) is 3.80. The van der Waals surface area contributed by atoms with E-state index in [1.807, 2.05) is 0 Å². The van der Waals surface area contributed by atoms with Crippen LogP contribution in [-0.2, 0) is 14.8 Å². The number of carbonyl (C=O) groups is 1. The predicted molar refractivity (Wildman–Crippen MR) is 105 cm³/mol.